The highest BCUT2D eigenvalue weighted by Crippen LogP contribution is 2.10. The van der Waals surface area contributed by atoms with Crippen LogP contribution in [-0.4, -0.2) is 88.1 Å². The maximum absolute atomic E-state index is 12.3. The average Bonchev–Trinajstić information content (AvgIpc) is 3.15. The Bertz CT molecular complexity index is 936. The maximum Gasteiger partial charge on any atom is 0.236 e. The first-order valence-corrected chi connectivity index (χ1v) is 21.9. The molecule has 2 unspecified atom stereocenters. The lowest BCUT2D eigenvalue weighted by Gasteiger charge is -2.13. The molecule has 0 aromatic heterocycles. The van der Waals surface area contributed by atoms with E-state index in [1.807, 2.05) is 0 Å². The molecular weight excluding hydrogens is 681 g/mol. The summed E-state index contributed by atoms with van der Waals surface area (Å²) in [6, 6.07) is -1.01. The molecule has 0 spiro atoms. The molecule has 0 saturated carbocycles. The molecule has 0 aliphatic rings. The molecule has 0 saturated heterocycles. The maximum atomic E-state index is 12.3. The predicted octanol–water partition coefficient (Wildman–Crippen LogP) is 5.24. The smallest absolute Gasteiger partial charge is 0.236 e. The molecule has 0 radical (unpaired) electrons. The van der Waals surface area contributed by atoms with Crippen LogP contribution in [0.25, 0.3) is 0 Å². The molecule has 10 N–H and O–H groups in total. The number of rotatable bonds is 40. The van der Waals surface area contributed by atoms with Crippen molar-refractivity contribution >= 4 is 23.6 Å². The fourth-order valence-electron chi connectivity index (χ4n) is 6.04. The van der Waals surface area contributed by atoms with E-state index in [4.69, 9.17) is 11.5 Å². The fraction of sp³-hybridized carbons (Fsp3) is 0.857. The highest BCUT2D eigenvalue weighted by molar-refractivity contribution is 5.81. The summed E-state index contributed by atoms with van der Waals surface area (Å²) in [5, 5.41) is 18.4. The Balaban J connectivity index is 3.46. The van der Waals surface area contributed by atoms with Gasteiger partial charge in [0.05, 0.1) is 12.1 Å². The van der Waals surface area contributed by atoms with Crippen molar-refractivity contribution in [2.45, 2.75) is 180 Å². The zero-order chi connectivity index (χ0) is 39.7. The summed E-state index contributed by atoms with van der Waals surface area (Å²) in [6.07, 6.45) is 29.9. The summed E-state index contributed by atoms with van der Waals surface area (Å²) < 4.78 is 0. The van der Waals surface area contributed by atoms with Crippen LogP contribution in [0.4, 0.5) is 0 Å². The molecule has 0 aliphatic heterocycles. The normalized spacial score (nSPS) is 12.4. The van der Waals surface area contributed by atoms with Gasteiger partial charge in [-0.15, -0.1) is 0 Å². The summed E-state index contributed by atoms with van der Waals surface area (Å²) in [6.45, 7) is 9.77. The van der Waals surface area contributed by atoms with Gasteiger partial charge in [-0.05, 0) is 122 Å². The predicted molar refractivity (Wildman–Crippen MR) is 225 cm³/mol. The third kappa shape index (κ3) is 37.8. The second-order valence-electron chi connectivity index (χ2n) is 14.9. The van der Waals surface area contributed by atoms with Gasteiger partial charge in [-0.3, -0.25) is 19.2 Å². The Morgan fingerprint density at radius 1 is 0.463 bits per heavy atom. The fourth-order valence-corrected chi connectivity index (χ4v) is 6.04. The van der Waals surface area contributed by atoms with Gasteiger partial charge in [-0.25, -0.2) is 0 Å². The van der Waals surface area contributed by atoms with Crippen LogP contribution in [0.1, 0.15) is 168 Å². The molecule has 4 amide bonds. The summed E-state index contributed by atoms with van der Waals surface area (Å²) in [7, 11) is 0. The number of hydrogen-bond acceptors (Lipinski definition) is 8. The third-order valence-corrected chi connectivity index (χ3v) is 9.54. The van der Waals surface area contributed by atoms with E-state index in [1.54, 1.807) is 0 Å². The average molecular weight is 765 g/mol. The van der Waals surface area contributed by atoms with E-state index in [0.717, 1.165) is 90.4 Å². The lowest BCUT2D eigenvalue weighted by Crippen LogP contribution is -2.41. The molecule has 0 bridgehead atoms. The molecule has 0 aromatic rings. The van der Waals surface area contributed by atoms with Crippen molar-refractivity contribution in [3.63, 3.8) is 0 Å². The van der Waals surface area contributed by atoms with Crippen molar-refractivity contribution in [3.8, 4) is 0 Å². The molecule has 12 nitrogen and oxygen atoms in total. The van der Waals surface area contributed by atoms with Gasteiger partial charge in [0.25, 0.3) is 0 Å². The van der Waals surface area contributed by atoms with Gasteiger partial charge >= 0.3 is 0 Å². The summed E-state index contributed by atoms with van der Waals surface area (Å²) in [4.78, 5) is 47.4. The summed E-state index contributed by atoms with van der Waals surface area (Å²) in [5.41, 5.74) is 12.0. The lowest BCUT2D eigenvalue weighted by molar-refractivity contribution is -0.123. The molecule has 0 rings (SSSR count). The molecule has 2 atom stereocenters. The minimum absolute atomic E-state index is 0.0418. The Morgan fingerprint density at radius 2 is 0.870 bits per heavy atom. The number of nitrogens with two attached hydrogens (primary N) is 2. The summed E-state index contributed by atoms with van der Waals surface area (Å²) >= 11 is 0. The van der Waals surface area contributed by atoms with Crippen LogP contribution in [0.3, 0.4) is 0 Å². The minimum atomic E-state index is -0.510. The van der Waals surface area contributed by atoms with Crippen LogP contribution in [0.2, 0.25) is 0 Å². The van der Waals surface area contributed by atoms with Crippen molar-refractivity contribution < 1.29 is 19.2 Å². The molecule has 12 heteroatoms. The number of carbonyl (C=O) groups is 4. The number of hydrogen-bond donors (Lipinski definition) is 8. The highest BCUT2D eigenvalue weighted by atomic mass is 16.2. The van der Waals surface area contributed by atoms with Gasteiger partial charge in [-0.1, -0.05) is 70.4 Å². The zero-order valence-electron chi connectivity index (χ0n) is 34.7. The molecule has 54 heavy (non-hydrogen) atoms. The van der Waals surface area contributed by atoms with E-state index in [0.29, 0.717) is 45.4 Å². The Morgan fingerprint density at radius 3 is 1.37 bits per heavy atom. The van der Waals surface area contributed by atoms with Gasteiger partial charge < -0.3 is 43.4 Å². The summed E-state index contributed by atoms with van der Waals surface area (Å²) in [5.74, 6) is -0.136. The SMILES string of the molecule is CCCCCCCC/C=C\CCCCCCCC(=O)NCCCCC(N)C(=O)NCCCNCCCCNCCCNC(=O)C(N)CCCCNC(C)=O. The first kappa shape index (κ1) is 51.5. The number of allylic oxidation sites excluding steroid dienone is 2. The van der Waals surface area contributed by atoms with Gasteiger partial charge in [0.15, 0.2) is 0 Å². The number of carbonyl (C=O) groups excluding carboxylic acids is 4. The first-order valence-electron chi connectivity index (χ1n) is 21.9. The van der Waals surface area contributed by atoms with Gasteiger partial charge in [0.2, 0.25) is 23.6 Å². The van der Waals surface area contributed by atoms with Crippen molar-refractivity contribution in [3.05, 3.63) is 12.2 Å². The lowest BCUT2D eigenvalue weighted by atomic mass is 10.1. The number of unbranched alkanes of at least 4 members (excludes halogenated alkanes) is 14. The number of amides is 4. The second kappa shape index (κ2) is 40.1. The van der Waals surface area contributed by atoms with Crippen LogP contribution in [0.5, 0.6) is 0 Å². The molecule has 0 aliphatic carbocycles. The van der Waals surface area contributed by atoms with Gasteiger partial charge in [0, 0.05) is 39.5 Å². The Hall–Kier alpha value is -2.54. The van der Waals surface area contributed by atoms with Crippen LogP contribution in [-0.2, 0) is 19.2 Å². The third-order valence-electron chi connectivity index (χ3n) is 9.54. The van der Waals surface area contributed by atoms with E-state index >= 15 is 0 Å². The largest absolute Gasteiger partial charge is 0.356 e. The van der Waals surface area contributed by atoms with Crippen LogP contribution in [0.15, 0.2) is 12.2 Å². The zero-order valence-corrected chi connectivity index (χ0v) is 34.7. The Kier molecular flexibility index (Phi) is 38.2. The standard InChI is InChI=1S/C42H84N8O4/c1-3-4-5-6-7-8-9-10-11-12-13-14-15-16-17-28-40(52)48-34-21-19-27-39(44)42(54)50-36-25-32-46-30-23-22-29-45-31-24-35-49-41(53)38(43)26-18-20-33-47-37(2)51/h10-11,38-39,45-46H,3-9,12-36,43-44H2,1-2H3,(H,47,51)(H,48,52)(H,49,53)(H,50,54)/b11-10-. The highest BCUT2D eigenvalue weighted by Gasteiger charge is 2.13. The van der Waals surface area contributed by atoms with Crippen molar-refractivity contribution in [1.29, 1.82) is 0 Å². The Labute approximate surface area is 330 Å². The van der Waals surface area contributed by atoms with Crippen molar-refractivity contribution in [1.82, 2.24) is 31.9 Å². The monoisotopic (exact) mass is 765 g/mol. The topological polar surface area (TPSA) is 192 Å². The molecule has 0 aromatic carbocycles. The van der Waals surface area contributed by atoms with Crippen LogP contribution < -0.4 is 43.4 Å². The van der Waals surface area contributed by atoms with E-state index in [2.05, 4.69) is 51.0 Å². The minimum Gasteiger partial charge on any atom is -0.356 e. The van der Waals surface area contributed by atoms with Crippen LogP contribution >= 0.6 is 0 Å². The van der Waals surface area contributed by atoms with Crippen LogP contribution in [0, 0.1) is 0 Å². The first-order chi connectivity index (χ1) is 26.3. The van der Waals surface area contributed by atoms with Gasteiger partial charge in [-0.2, -0.15) is 0 Å². The molecular formula is C42H84N8O4. The second-order valence-corrected chi connectivity index (χ2v) is 14.9. The van der Waals surface area contributed by atoms with Gasteiger partial charge in [0.1, 0.15) is 0 Å². The van der Waals surface area contributed by atoms with E-state index in [1.165, 1.54) is 77.6 Å². The quantitative estimate of drug-likeness (QED) is 0.0307. The van der Waals surface area contributed by atoms with E-state index in [9.17, 15) is 19.2 Å². The molecule has 0 heterocycles. The number of nitrogens with one attached hydrogen (secondary N) is 6. The van der Waals surface area contributed by atoms with E-state index < -0.39 is 12.1 Å². The van der Waals surface area contributed by atoms with Crippen molar-refractivity contribution in [2.24, 2.45) is 11.5 Å². The molecule has 0 fully saturated rings. The van der Waals surface area contributed by atoms with E-state index in [-0.39, 0.29) is 23.6 Å². The molecule has 316 valence electrons. The van der Waals surface area contributed by atoms with Crippen molar-refractivity contribution in [2.75, 3.05) is 52.4 Å².